The van der Waals surface area contributed by atoms with E-state index < -0.39 is 11.3 Å². The number of nitrogens with zero attached hydrogens (tertiary/aromatic N) is 2. The maximum atomic E-state index is 12.8. The highest BCUT2D eigenvalue weighted by Gasteiger charge is 2.24. The first-order chi connectivity index (χ1) is 16.4. The molecule has 1 unspecified atom stereocenters. The van der Waals surface area contributed by atoms with Crippen molar-refractivity contribution in [2.75, 3.05) is 13.6 Å². The fourth-order valence-electron chi connectivity index (χ4n) is 3.86. The molecule has 9 heteroatoms. The second-order valence-corrected chi connectivity index (χ2v) is 10.4. The van der Waals surface area contributed by atoms with Crippen molar-refractivity contribution in [3.05, 3.63) is 50.7 Å². The van der Waals surface area contributed by atoms with Crippen molar-refractivity contribution in [1.29, 1.82) is 0 Å². The molecule has 0 fully saturated rings. The SMILES string of the molecule is CCCCCCCN(Cc1nc2oc(-c3ccc(CC)cc3)c(C(=O)NC)c2cc1I)S(=O)O. The molecular weight excluding hydrogens is 565 g/mol. The molecule has 0 saturated carbocycles. The average Bonchev–Trinajstić information content (AvgIpc) is 3.20. The summed E-state index contributed by atoms with van der Waals surface area (Å²) in [6, 6.07) is 9.81. The summed E-state index contributed by atoms with van der Waals surface area (Å²) in [6.45, 7) is 4.99. The van der Waals surface area contributed by atoms with Gasteiger partial charge in [-0.1, -0.05) is 63.8 Å². The Morgan fingerprint density at radius 1 is 1.18 bits per heavy atom. The molecule has 1 aromatic carbocycles. The predicted octanol–water partition coefficient (Wildman–Crippen LogP) is 5.93. The number of aromatic nitrogens is 1. The van der Waals surface area contributed by atoms with Gasteiger partial charge in [0.05, 0.1) is 23.2 Å². The number of rotatable bonds is 12. The summed E-state index contributed by atoms with van der Waals surface area (Å²) in [7, 11) is 1.59. The molecule has 2 aromatic heterocycles. The van der Waals surface area contributed by atoms with E-state index in [2.05, 4.69) is 46.7 Å². The highest BCUT2D eigenvalue weighted by Crippen LogP contribution is 2.34. The van der Waals surface area contributed by atoms with Crippen LogP contribution in [0.1, 0.15) is 67.6 Å². The molecule has 1 atom stereocenters. The third-order valence-corrected chi connectivity index (χ3v) is 7.53. The van der Waals surface area contributed by atoms with Crippen LogP contribution in [0.4, 0.5) is 0 Å². The number of benzene rings is 1. The lowest BCUT2D eigenvalue weighted by Crippen LogP contribution is -2.27. The molecule has 184 valence electrons. The van der Waals surface area contributed by atoms with Gasteiger partial charge in [-0.2, -0.15) is 4.31 Å². The van der Waals surface area contributed by atoms with Crippen LogP contribution in [0.15, 0.2) is 34.7 Å². The molecule has 2 N–H and O–H groups in total. The molecule has 1 amide bonds. The Morgan fingerprint density at radius 3 is 2.50 bits per heavy atom. The van der Waals surface area contributed by atoms with Crippen LogP contribution < -0.4 is 5.32 Å². The minimum Gasteiger partial charge on any atom is -0.437 e. The monoisotopic (exact) mass is 597 g/mol. The number of hydrogen-bond acceptors (Lipinski definition) is 4. The van der Waals surface area contributed by atoms with Gasteiger partial charge in [0.15, 0.2) is 0 Å². The average molecular weight is 598 g/mol. The number of carbonyl (C=O) groups excluding carboxylic acids is 1. The first kappa shape index (κ1) is 26.8. The molecule has 3 rings (SSSR count). The van der Waals surface area contributed by atoms with Gasteiger partial charge in [0.1, 0.15) is 5.76 Å². The van der Waals surface area contributed by atoms with Gasteiger partial charge < -0.3 is 9.73 Å². The largest absolute Gasteiger partial charge is 0.437 e. The Kier molecular flexibility index (Phi) is 10.0. The van der Waals surface area contributed by atoms with Gasteiger partial charge in [0.25, 0.3) is 5.91 Å². The number of amides is 1. The minimum atomic E-state index is -2.10. The molecule has 34 heavy (non-hydrogen) atoms. The topological polar surface area (TPSA) is 95.7 Å². The van der Waals surface area contributed by atoms with Gasteiger partial charge in [-0.05, 0) is 47.1 Å². The smallest absolute Gasteiger partial charge is 0.255 e. The van der Waals surface area contributed by atoms with Crippen molar-refractivity contribution in [2.45, 2.75) is 58.9 Å². The van der Waals surface area contributed by atoms with Gasteiger partial charge >= 0.3 is 0 Å². The second kappa shape index (κ2) is 12.8. The van der Waals surface area contributed by atoms with Crippen molar-refractivity contribution in [3.63, 3.8) is 0 Å². The molecule has 0 saturated heterocycles. The fraction of sp³-hybridized carbons (Fsp3) is 0.440. The Labute approximate surface area is 217 Å². The molecule has 7 nitrogen and oxygen atoms in total. The Balaban J connectivity index is 1.95. The van der Waals surface area contributed by atoms with Crippen LogP contribution in [-0.2, 0) is 24.2 Å². The van der Waals surface area contributed by atoms with Gasteiger partial charge in [-0.3, -0.25) is 9.35 Å². The van der Waals surface area contributed by atoms with E-state index in [0.717, 1.165) is 41.2 Å². The highest BCUT2D eigenvalue weighted by molar-refractivity contribution is 14.1. The lowest BCUT2D eigenvalue weighted by Gasteiger charge is -2.17. The van der Waals surface area contributed by atoms with E-state index in [0.29, 0.717) is 34.7 Å². The lowest BCUT2D eigenvalue weighted by molar-refractivity contribution is 0.0964. The first-order valence-electron chi connectivity index (χ1n) is 11.7. The van der Waals surface area contributed by atoms with Crippen LogP contribution in [-0.4, -0.2) is 37.6 Å². The molecular formula is C25H32IN3O4S. The van der Waals surface area contributed by atoms with Crippen LogP contribution >= 0.6 is 22.6 Å². The molecule has 0 spiro atoms. The quantitative estimate of drug-likeness (QED) is 0.153. The Bertz CT molecular complexity index is 1150. The molecule has 0 aliphatic rings. The number of unbranched alkanes of at least 4 members (excludes halogenated alkanes) is 4. The van der Waals surface area contributed by atoms with Gasteiger partial charge in [-0.15, -0.1) is 0 Å². The third-order valence-electron chi connectivity index (χ3n) is 5.85. The number of hydrogen-bond donors (Lipinski definition) is 2. The highest BCUT2D eigenvalue weighted by atomic mass is 127. The summed E-state index contributed by atoms with van der Waals surface area (Å²) in [5.41, 5.74) is 3.43. The van der Waals surface area contributed by atoms with E-state index in [-0.39, 0.29) is 12.5 Å². The van der Waals surface area contributed by atoms with Crippen LogP contribution in [0.2, 0.25) is 0 Å². The summed E-state index contributed by atoms with van der Waals surface area (Å²) in [5.74, 6) is 0.222. The fourth-order valence-corrected chi connectivity index (χ4v) is 4.98. The standard InChI is InChI=1S/C25H32IN3O4S/c1-4-6-7-8-9-14-29(34(31)32)16-21-20(26)15-19-22(24(30)27-3)23(33-25(19)28-21)18-12-10-17(5-2)11-13-18/h10-13,15H,4-9,14,16H2,1-3H3,(H,27,30)(H,31,32). The molecule has 3 aromatic rings. The van der Waals surface area contributed by atoms with Crippen molar-refractivity contribution in [2.24, 2.45) is 0 Å². The van der Waals surface area contributed by atoms with Crippen LogP contribution in [0.3, 0.4) is 0 Å². The van der Waals surface area contributed by atoms with Crippen molar-refractivity contribution in [1.82, 2.24) is 14.6 Å². The normalized spacial score (nSPS) is 12.4. The van der Waals surface area contributed by atoms with Crippen LogP contribution in [0.5, 0.6) is 0 Å². The molecule has 0 aliphatic carbocycles. The first-order valence-corrected chi connectivity index (χ1v) is 13.8. The zero-order chi connectivity index (χ0) is 24.7. The van der Waals surface area contributed by atoms with Crippen molar-refractivity contribution < 1.29 is 18.0 Å². The number of pyridine rings is 1. The minimum absolute atomic E-state index is 0.224. The summed E-state index contributed by atoms with van der Waals surface area (Å²) < 4.78 is 30.2. The van der Waals surface area contributed by atoms with E-state index in [4.69, 9.17) is 4.42 Å². The van der Waals surface area contributed by atoms with Crippen LogP contribution in [0, 0.1) is 3.57 Å². The predicted molar refractivity (Wildman–Crippen MR) is 145 cm³/mol. The number of fused-ring (bicyclic) bond motifs is 1. The van der Waals surface area contributed by atoms with Gasteiger partial charge in [-0.25, -0.2) is 9.19 Å². The van der Waals surface area contributed by atoms with Gasteiger partial charge in [0.2, 0.25) is 17.0 Å². The summed E-state index contributed by atoms with van der Waals surface area (Å²) in [4.78, 5) is 17.4. The van der Waals surface area contributed by atoms with Crippen molar-refractivity contribution >= 4 is 50.9 Å². The number of aryl methyl sites for hydroxylation is 1. The summed E-state index contributed by atoms with van der Waals surface area (Å²) >= 11 is 0.0649. The van der Waals surface area contributed by atoms with E-state index in [9.17, 15) is 13.6 Å². The van der Waals surface area contributed by atoms with Gasteiger partial charge in [0, 0.05) is 22.7 Å². The summed E-state index contributed by atoms with van der Waals surface area (Å²) in [6.07, 6.45) is 6.26. The molecule has 0 aliphatic heterocycles. The maximum absolute atomic E-state index is 12.8. The van der Waals surface area contributed by atoms with E-state index in [1.54, 1.807) is 7.05 Å². The van der Waals surface area contributed by atoms with Crippen LogP contribution in [0.25, 0.3) is 22.4 Å². The zero-order valence-electron chi connectivity index (χ0n) is 19.9. The van der Waals surface area contributed by atoms with E-state index in [1.807, 2.05) is 30.3 Å². The molecule has 2 heterocycles. The number of furan rings is 1. The maximum Gasteiger partial charge on any atom is 0.255 e. The number of nitrogens with one attached hydrogen (secondary N) is 1. The lowest BCUT2D eigenvalue weighted by atomic mass is 10.0. The summed E-state index contributed by atoms with van der Waals surface area (Å²) in [5, 5.41) is 3.32. The van der Waals surface area contributed by atoms with E-state index >= 15 is 0 Å². The number of carbonyl (C=O) groups is 1. The zero-order valence-corrected chi connectivity index (χ0v) is 22.9. The Hall–Kier alpha value is -1.82. The Morgan fingerprint density at radius 2 is 1.88 bits per heavy atom. The second-order valence-electron chi connectivity index (χ2n) is 8.21. The molecule has 0 radical (unpaired) electrons. The van der Waals surface area contributed by atoms with E-state index in [1.165, 1.54) is 16.3 Å². The third kappa shape index (κ3) is 6.44. The molecule has 0 bridgehead atoms. The number of halogens is 1. The van der Waals surface area contributed by atoms with Crippen molar-refractivity contribution in [3.8, 4) is 11.3 Å².